The molecule has 31 heavy (non-hydrogen) atoms. The number of amides is 2. The van der Waals surface area contributed by atoms with Crippen LogP contribution in [0.5, 0.6) is 5.75 Å². The summed E-state index contributed by atoms with van der Waals surface area (Å²) in [6.45, 7) is 1.77. The topological polar surface area (TPSA) is 58.6 Å². The normalized spacial score (nSPS) is 23.7. The molecule has 0 spiro atoms. The first kappa shape index (κ1) is 21.3. The number of likely N-dealkylation sites (tertiary alicyclic amines) is 1. The first-order valence-electron chi connectivity index (χ1n) is 11.0. The fourth-order valence-electron chi connectivity index (χ4n) is 5.16. The van der Waals surface area contributed by atoms with Crippen LogP contribution in [0.25, 0.3) is 0 Å². The van der Waals surface area contributed by atoms with Gasteiger partial charge < -0.3 is 15.0 Å². The maximum atomic E-state index is 14.2. The molecule has 0 radical (unpaired) electrons. The highest BCUT2D eigenvalue weighted by Gasteiger charge is 2.48. The number of nitrogens with zero attached hydrogens (tertiary/aromatic N) is 1. The fraction of sp³-hybridized carbons (Fsp3) is 0.440. The number of hydrogen-bond donors (Lipinski definition) is 1. The summed E-state index contributed by atoms with van der Waals surface area (Å²) in [5.41, 5.74) is 0.907. The molecule has 2 amide bonds. The minimum Gasteiger partial charge on any atom is -0.496 e. The molecule has 1 saturated heterocycles. The summed E-state index contributed by atoms with van der Waals surface area (Å²) in [6, 6.07) is 12.6. The van der Waals surface area contributed by atoms with Crippen LogP contribution >= 0.6 is 0 Å². The predicted octanol–water partition coefficient (Wildman–Crippen LogP) is 4.49. The number of hydrogen-bond acceptors (Lipinski definition) is 3. The zero-order chi connectivity index (χ0) is 22.0. The van der Waals surface area contributed by atoms with E-state index in [9.17, 15) is 14.0 Å². The van der Waals surface area contributed by atoms with Crippen LogP contribution in [0.2, 0.25) is 0 Å². The van der Waals surface area contributed by atoms with Crippen molar-refractivity contribution in [2.75, 3.05) is 7.11 Å². The van der Waals surface area contributed by atoms with Crippen molar-refractivity contribution in [3.63, 3.8) is 0 Å². The molecule has 164 valence electrons. The molecule has 2 aliphatic rings. The number of carbonyl (C=O) groups is 2. The summed E-state index contributed by atoms with van der Waals surface area (Å²) < 4.78 is 19.6. The molecule has 1 heterocycles. The molecule has 2 aromatic carbocycles. The Bertz CT molecular complexity index is 963. The van der Waals surface area contributed by atoms with Crippen molar-refractivity contribution in [3.8, 4) is 5.75 Å². The Balaban J connectivity index is 1.61. The second-order valence-corrected chi connectivity index (χ2v) is 8.53. The van der Waals surface area contributed by atoms with Gasteiger partial charge in [-0.1, -0.05) is 43.2 Å². The quantitative estimate of drug-likeness (QED) is 0.770. The zero-order valence-electron chi connectivity index (χ0n) is 18.0. The van der Waals surface area contributed by atoms with Crippen molar-refractivity contribution < 1.29 is 18.7 Å². The third kappa shape index (κ3) is 4.16. The second-order valence-electron chi connectivity index (χ2n) is 8.53. The zero-order valence-corrected chi connectivity index (χ0v) is 18.0. The van der Waals surface area contributed by atoms with Crippen molar-refractivity contribution in [1.29, 1.82) is 0 Å². The van der Waals surface area contributed by atoms with Gasteiger partial charge in [-0.15, -0.1) is 0 Å². The molecule has 2 fully saturated rings. The number of ether oxygens (including phenoxy) is 1. The van der Waals surface area contributed by atoms with Gasteiger partial charge in [0.2, 0.25) is 5.91 Å². The molecule has 0 aromatic heterocycles. The standard InChI is InChI=1S/C25H29FN2O3/c1-16(18-10-4-6-12-20(18)26)27-24(29)22-15-17-9-3-7-13-21(17)28(22)25(30)19-11-5-8-14-23(19)31-2/h4-6,8,10-12,14,16-17,21-22H,3,7,9,13,15H2,1-2H3,(H,27,29). The van der Waals surface area contributed by atoms with Gasteiger partial charge in [-0.25, -0.2) is 4.39 Å². The molecule has 2 aromatic rings. The lowest BCUT2D eigenvalue weighted by atomic mass is 9.84. The summed E-state index contributed by atoms with van der Waals surface area (Å²) >= 11 is 0. The molecular weight excluding hydrogens is 395 g/mol. The number of nitrogens with one attached hydrogen (secondary N) is 1. The highest BCUT2D eigenvalue weighted by Crippen LogP contribution is 2.41. The lowest BCUT2D eigenvalue weighted by Gasteiger charge is -2.34. The number of para-hydroxylation sites is 1. The van der Waals surface area contributed by atoms with E-state index in [1.54, 1.807) is 55.3 Å². The maximum absolute atomic E-state index is 14.2. The van der Waals surface area contributed by atoms with Crippen LogP contribution in [0.1, 0.15) is 61.0 Å². The van der Waals surface area contributed by atoms with Gasteiger partial charge in [0.05, 0.1) is 18.7 Å². The highest BCUT2D eigenvalue weighted by atomic mass is 19.1. The predicted molar refractivity (Wildman–Crippen MR) is 116 cm³/mol. The average molecular weight is 425 g/mol. The summed E-state index contributed by atoms with van der Waals surface area (Å²) in [5.74, 6) is 0.0638. The molecule has 1 aliphatic heterocycles. The first-order chi connectivity index (χ1) is 15.0. The first-order valence-corrected chi connectivity index (χ1v) is 11.0. The van der Waals surface area contributed by atoms with E-state index in [4.69, 9.17) is 4.74 Å². The molecule has 1 saturated carbocycles. The Morgan fingerprint density at radius 3 is 2.58 bits per heavy atom. The lowest BCUT2D eigenvalue weighted by Crippen LogP contribution is -2.50. The number of rotatable bonds is 5. The molecule has 4 unspecified atom stereocenters. The lowest BCUT2D eigenvalue weighted by molar-refractivity contribution is -0.125. The summed E-state index contributed by atoms with van der Waals surface area (Å²) in [7, 11) is 1.54. The van der Waals surface area contributed by atoms with Crippen LogP contribution in [0.3, 0.4) is 0 Å². The van der Waals surface area contributed by atoms with E-state index in [1.807, 2.05) is 6.07 Å². The van der Waals surface area contributed by atoms with Crippen molar-refractivity contribution in [2.45, 2.75) is 57.2 Å². The van der Waals surface area contributed by atoms with Gasteiger partial charge in [0.1, 0.15) is 17.6 Å². The van der Waals surface area contributed by atoms with Crippen molar-refractivity contribution >= 4 is 11.8 Å². The summed E-state index contributed by atoms with van der Waals surface area (Å²) in [5, 5.41) is 2.95. The molecule has 5 nitrogen and oxygen atoms in total. The number of carbonyl (C=O) groups excluding carboxylic acids is 2. The monoisotopic (exact) mass is 424 g/mol. The van der Waals surface area contributed by atoms with Gasteiger partial charge in [0.25, 0.3) is 5.91 Å². The van der Waals surface area contributed by atoms with E-state index in [0.29, 0.717) is 29.2 Å². The third-order valence-electron chi connectivity index (χ3n) is 6.69. The van der Waals surface area contributed by atoms with Crippen LogP contribution < -0.4 is 10.1 Å². The van der Waals surface area contributed by atoms with Crippen molar-refractivity contribution in [3.05, 3.63) is 65.5 Å². The Labute approximate surface area is 182 Å². The Hall–Kier alpha value is -2.89. The van der Waals surface area contributed by atoms with Crippen LogP contribution in [0.4, 0.5) is 4.39 Å². The molecule has 4 rings (SSSR count). The molecule has 1 aliphatic carbocycles. The summed E-state index contributed by atoms with van der Waals surface area (Å²) in [6.07, 6.45) is 4.74. The van der Waals surface area contributed by atoms with E-state index < -0.39 is 12.1 Å². The highest BCUT2D eigenvalue weighted by molar-refractivity contribution is 6.00. The van der Waals surface area contributed by atoms with Gasteiger partial charge in [0.15, 0.2) is 0 Å². The van der Waals surface area contributed by atoms with Crippen LogP contribution in [0.15, 0.2) is 48.5 Å². The molecular formula is C25H29FN2O3. The van der Waals surface area contributed by atoms with Gasteiger partial charge in [-0.05, 0) is 50.3 Å². The Morgan fingerprint density at radius 1 is 1.10 bits per heavy atom. The molecule has 6 heteroatoms. The Morgan fingerprint density at radius 2 is 1.81 bits per heavy atom. The Kier molecular flexibility index (Phi) is 6.25. The van der Waals surface area contributed by atoms with Gasteiger partial charge in [0, 0.05) is 11.6 Å². The van der Waals surface area contributed by atoms with E-state index in [-0.39, 0.29) is 23.7 Å². The maximum Gasteiger partial charge on any atom is 0.258 e. The molecule has 0 bridgehead atoms. The van der Waals surface area contributed by atoms with Crippen molar-refractivity contribution in [1.82, 2.24) is 10.2 Å². The van der Waals surface area contributed by atoms with E-state index in [1.165, 1.54) is 6.07 Å². The second kappa shape index (κ2) is 9.08. The fourth-order valence-corrected chi connectivity index (χ4v) is 5.16. The van der Waals surface area contributed by atoms with E-state index in [2.05, 4.69) is 5.32 Å². The van der Waals surface area contributed by atoms with E-state index in [0.717, 1.165) is 25.7 Å². The van der Waals surface area contributed by atoms with Crippen molar-refractivity contribution in [2.24, 2.45) is 5.92 Å². The SMILES string of the molecule is COc1ccccc1C(=O)N1C(C(=O)NC(C)c2ccccc2F)CC2CCCCC21. The third-order valence-corrected chi connectivity index (χ3v) is 6.69. The number of halogens is 1. The van der Waals surface area contributed by atoms with Crippen LogP contribution in [0, 0.1) is 11.7 Å². The van der Waals surface area contributed by atoms with Gasteiger partial charge >= 0.3 is 0 Å². The minimum absolute atomic E-state index is 0.0469. The number of fused-ring (bicyclic) bond motifs is 1. The van der Waals surface area contributed by atoms with E-state index >= 15 is 0 Å². The van der Waals surface area contributed by atoms with Gasteiger partial charge in [-0.3, -0.25) is 9.59 Å². The van der Waals surface area contributed by atoms with Gasteiger partial charge in [-0.2, -0.15) is 0 Å². The molecule has 4 atom stereocenters. The number of methoxy groups -OCH3 is 1. The minimum atomic E-state index is -0.570. The van der Waals surface area contributed by atoms with Crippen LogP contribution in [-0.2, 0) is 4.79 Å². The molecule has 1 N–H and O–H groups in total. The average Bonchev–Trinajstić information content (AvgIpc) is 3.18. The van der Waals surface area contributed by atoms with Crippen LogP contribution in [-0.4, -0.2) is 35.9 Å². The largest absolute Gasteiger partial charge is 0.496 e. The smallest absolute Gasteiger partial charge is 0.258 e. The summed E-state index contributed by atoms with van der Waals surface area (Å²) in [4.78, 5) is 28.7. The number of benzene rings is 2.